The van der Waals surface area contributed by atoms with Gasteiger partial charge in [0, 0.05) is 24.4 Å². The SMILES string of the molecule is COC(=O)c1c(CC=O)cc(=O)n(C)c1Nc1ccc(SC)cc1F. The molecule has 132 valence electrons. The maximum Gasteiger partial charge on any atom is 0.341 e. The Morgan fingerprint density at radius 2 is 2.12 bits per heavy atom. The molecular weight excluding hydrogens is 347 g/mol. The molecule has 1 aromatic heterocycles. The van der Waals surface area contributed by atoms with E-state index < -0.39 is 17.3 Å². The number of methoxy groups -OCH3 is 1. The third-order valence-corrected chi connectivity index (χ3v) is 4.37. The van der Waals surface area contributed by atoms with Gasteiger partial charge in [-0.05, 0) is 30.0 Å². The van der Waals surface area contributed by atoms with Gasteiger partial charge in [0.25, 0.3) is 5.56 Å². The van der Waals surface area contributed by atoms with Gasteiger partial charge in [0.05, 0.1) is 12.8 Å². The van der Waals surface area contributed by atoms with Crippen LogP contribution in [0.3, 0.4) is 0 Å². The van der Waals surface area contributed by atoms with E-state index in [1.165, 1.54) is 48.7 Å². The molecular formula is C17H17FN2O4S. The number of rotatable bonds is 6. The second-order valence-corrected chi connectivity index (χ2v) is 6.00. The lowest BCUT2D eigenvalue weighted by atomic mass is 10.1. The molecule has 2 aromatic rings. The Morgan fingerprint density at radius 3 is 2.68 bits per heavy atom. The molecule has 0 aliphatic carbocycles. The van der Waals surface area contributed by atoms with E-state index in [4.69, 9.17) is 4.74 Å². The van der Waals surface area contributed by atoms with E-state index >= 15 is 0 Å². The number of carbonyl (C=O) groups excluding carboxylic acids is 2. The first kappa shape index (κ1) is 18.7. The largest absolute Gasteiger partial charge is 0.465 e. The molecule has 1 N–H and O–H groups in total. The van der Waals surface area contributed by atoms with Crippen molar-refractivity contribution in [2.45, 2.75) is 11.3 Å². The number of esters is 1. The molecule has 25 heavy (non-hydrogen) atoms. The molecule has 0 saturated heterocycles. The number of hydrogen-bond donors (Lipinski definition) is 1. The Kier molecular flexibility index (Phi) is 5.97. The van der Waals surface area contributed by atoms with Crippen molar-refractivity contribution in [1.29, 1.82) is 0 Å². The van der Waals surface area contributed by atoms with Gasteiger partial charge in [-0.2, -0.15) is 0 Å². The van der Waals surface area contributed by atoms with Crippen LogP contribution in [0.4, 0.5) is 15.9 Å². The van der Waals surface area contributed by atoms with Crippen LogP contribution in [0.1, 0.15) is 15.9 Å². The number of halogens is 1. The minimum absolute atomic E-state index is 0.0186. The lowest BCUT2D eigenvalue weighted by molar-refractivity contribution is -0.107. The van der Waals surface area contributed by atoms with Gasteiger partial charge in [-0.25, -0.2) is 9.18 Å². The van der Waals surface area contributed by atoms with Crippen LogP contribution in [0.5, 0.6) is 0 Å². The van der Waals surface area contributed by atoms with Gasteiger partial charge in [-0.3, -0.25) is 9.36 Å². The Labute approximate surface area is 148 Å². The predicted octanol–water partition coefficient (Wildman–Crippen LogP) is 2.52. The summed E-state index contributed by atoms with van der Waals surface area (Å²) in [6.07, 6.45) is 2.27. The summed E-state index contributed by atoms with van der Waals surface area (Å²) in [7, 11) is 2.63. The summed E-state index contributed by atoms with van der Waals surface area (Å²) in [5.41, 5.74) is -0.104. The summed E-state index contributed by atoms with van der Waals surface area (Å²) < 4.78 is 20.2. The van der Waals surface area contributed by atoms with Crippen LogP contribution < -0.4 is 10.9 Å². The molecule has 0 fully saturated rings. The number of thioether (sulfide) groups is 1. The fraction of sp³-hybridized carbons (Fsp3) is 0.235. The number of nitrogens with zero attached hydrogens (tertiary/aromatic N) is 1. The number of aromatic nitrogens is 1. The van der Waals surface area contributed by atoms with Crippen molar-refractivity contribution >= 4 is 35.5 Å². The number of nitrogens with one attached hydrogen (secondary N) is 1. The number of aldehydes is 1. The van der Waals surface area contributed by atoms with Crippen LogP contribution in [0.15, 0.2) is 34.0 Å². The summed E-state index contributed by atoms with van der Waals surface area (Å²) >= 11 is 1.39. The molecule has 1 aromatic carbocycles. The Hall–Kier alpha value is -2.61. The van der Waals surface area contributed by atoms with Crippen LogP contribution in [0, 0.1) is 5.82 Å². The molecule has 0 aliphatic rings. The monoisotopic (exact) mass is 364 g/mol. The second-order valence-electron chi connectivity index (χ2n) is 5.12. The predicted molar refractivity (Wildman–Crippen MR) is 94.3 cm³/mol. The molecule has 0 aliphatic heterocycles. The number of ether oxygens (including phenoxy) is 1. The normalized spacial score (nSPS) is 10.4. The summed E-state index contributed by atoms with van der Waals surface area (Å²) in [5.74, 6) is -1.20. The molecule has 6 nitrogen and oxygen atoms in total. The van der Waals surface area contributed by atoms with E-state index in [0.717, 1.165) is 4.90 Å². The smallest absolute Gasteiger partial charge is 0.341 e. The zero-order chi connectivity index (χ0) is 18.6. The van der Waals surface area contributed by atoms with Gasteiger partial charge in [0.1, 0.15) is 23.5 Å². The van der Waals surface area contributed by atoms with E-state index in [1.54, 1.807) is 6.07 Å². The number of benzene rings is 1. The maximum atomic E-state index is 14.3. The van der Waals surface area contributed by atoms with Crippen LogP contribution >= 0.6 is 11.8 Å². The Bertz CT molecular complexity index is 880. The summed E-state index contributed by atoms with van der Waals surface area (Å²) in [6, 6.07) is 5.76. The average molecular weight is 364 g/mol. The quantitative estimate of drug-likeness (QED) is 0.482. The zero-order valence-electron chi connectivity index (χ0n) is 14.0. The first-order valence-electron chi connectivity index (χ1n) is 7.28. The van der Waals surface area contributed by atoms with E-state index in [-0.39, 0.29) is 29.1 Å². The highest BCUT2D eigenvalue weighted by Gasteiger charge is 2.22. The molecule has 0 radical (unpaired) electrons. The van der Waals surface area contributed by atoms with E-state index in [9.17, 15) is 18.8 Å². The van der Waals surface area contributed by atoms with Crippen molar-refractivity contribution in [1.82, 2.24) is 4.57 Å². The molecule has 0 saturated carbocycles. The molecule has 8 heteroatoms. The highest BCUT2D eigenvalue weighted by molar-refractivity contribution is 7.98. The summed E-state index contributed by atoms with van der Waals surface area (Å²) in [6.45, 7) is 0. The van der Waals surface area contributed by atoms with E-state index in [2.05, 4.69) is 5.32 Å². The Balaban J connectivity index is 2.64. The fourth-order valence-corrected chi connectivity index (χ4v) is 2.75. The highest BCUT2D eigenvalue weighted by atomic mass is 32.2. The fourth-order valence-electron chi connectivity index (χ4n) is 2.33. The van der Waals surface area contributed by atoms with Crippen molar-refractivity contribution < 1.29 is 18.7 Å². The van der Waals surface area contributed by atoms with Gasteiger partial charge < -0.3 is 14.8 Å². The van der Waals surface area contributed by atoms with Crippen molar-refractivity contribution in [3.8, 4) is 0 Å². The first-order chi connectivity index (χ1) is 11.9. The lowest BCUT2D eigenvalue weighted by Crippen LogP contribution is -2.25. The average Bonchev–Trinajstić information content (AvgIpc) is 2.60. The minimum Gasteiger partial charge on any atom is -0.465 e. The lowest BCUT2D eigenvalue weighted by Gasteiger charge is -2.18. The number of hydrogen-bond acceptors (Lipinski definition) is 6. The van der Waals surface area contributed by atoms with Crippen LogP contribution in [-0.4, -0.2) is 30.2 Å². The van der Waals surface area contributed by atoms with Crippen molar-refractivity contribution in [2.75, 3.05) is 18.7 Å². The van der Waals surface area contributed by atoms with Gasteiger partial charge in [-0.1, -0.05) is 0 Å². The number of anilines is 2. The maximum absolute atomic E-state index is 14.3. The molecule has 0 amide bonds. The highest BCUT2D eigenvalue weighted by Crippen LogP contribution is 2.27. The van der Waals surface area contributed by atoms with Crippen molar-refractivity contribution in [3.63, 3.8) is 0 Å². The van der Waals surface area contributed by atoms with Crippen molar-refractivity contribution in [2.24, 2.45) is 7.05 Å². The number of carbonyl (C=O) groups is 2. The second kappa shape index (κ2) is 7.98. The Morgan fingerprint density at radius 1 is 1.40 bits per heavy atom. The first-order valence-corrected chi connectivity index (χ1v) is 8.50. The van der Waals surface area contributed by atoms with Crippen LogP contribution in [0.25, 0.3) is 0 Å². The van der Waals surface area contributed by atoms with Gasteiger partial charge in [-0.15, -0.1) is 11.8 Å². The van der Waals surface area contributed by atoms with Gasteiger partial charge in [0.15, 0.2) is 0 Å². The van der Waals surface area contributed by atoms with Crippen LogP contribution in [0.2, 0.25) is 0 Å². The topological polar surface area (TPSA) is 77.4 Å². The van der Waals surface area contributed by atoms with E-state index in [1.807, 2.05) is 6.26 Å². The third-order valence-electron chi connectivity index (χ3n) is 3.64. The molecule has 0 unspecified atom stereocenters. The summed E-state index contributed by atoms with van der Waals surface area (Å²) in [4.78, 5) is 35.9. The molecule has 1 heterocycles. The van der Waals surface area contributed by atoms with Crippen molar-refractivity contribution in [3.05, 3.63) is 51.6 Å². The zero-order valence-corrected chi connectivity index (χ0v) is 14.8. The molecule has 2 rings (SSSR count). The van der Waals surface area contributed by atoms with Gasteiger partial charge in [0.2, 0.25) is 0 Å². The molecule has 0 spiro atoms. The van der Waals surface area contributed by atoms with E-state index in [0.29, 0.717) is 6.29 Å². The molecule has 0 bridgehead atoms. The van der Waals surface area contributed by atoms with Crippen LogP contribution in [-0.2, 0) is 23.0 Å². The minimum atomic E-state index is -0.726. The van der Waals surface area contributed by atoms with Gasteiger partial charge >= 0.3 is 5.97 Å². The summed E-state index contributed by atoms with van der Waals surface area (Å²) in [5, 5.41) is 2.78. The molecule has 0 atom stereocenters. The third kappa shape index (κ3) is 3.90. The number of pyridine rings is 1. The standard InChI is InChI=1S/C17H17FN2O4S/c1-20-14(22)8-10(6-7-21)15(17(23)24-2)16(20)19-13-5-4-11(25-3)9-12(13)18/h4-5,7-9,19H,6H2,1-3H3.